The Morgan fingerprint density at radius 3 is 2.35 bits per heavy atom. The third kappa shape index (κ3) is 3.48. The molecule has 0 aliphatic heterocycles. The molecule has 1 aromatic carbocycles. The molecule has 2 rings (SSSR count). The number of H-pyrrole nitrogens is 1. The molecule has 20 heavy (non-hydrogen) atoms. The van der Waals surface area contributed by atoms with Crippen LogP contribution in [0.5, 0.6) is 0 Å². The van der Waals surface area contributed by atoms with Crippen LogP contribution < -0.4 is 17.4 Å². The molecular weight excluding hydrogens is 286 g/mol. The number of pyridine rings is 1. The van der Waals surface area contributed by atoms with Crippen LogP contribution in [0.15, 0.2) is 42.6 Å². The van der Waals surface area contributed by atoms with Gasteiger partial charge in [0, 0.05) is 23.8 Å². The third-order valence-corrected chi connectivity index (χ3v) is 2.63. The number of rotatable bonds is 4. The fourth-order valence-corrected chi connectivity index (χ4v) is 1.73. The molecule has 1 heterocycles. The van der Waals surface area contributed by atoms with E-state index in [0.717, 1.165) is 11.8 Å². The fraction of sp³-hybridized carbons (Fsp3) is 0.0833. The average Bonchev–Trinajstić information content (AvgIpc) is 2.39. The van der Waals surface area contributed by atoms with Crippen molar-refractivity contribution in [3.8, 4) is 0 Å². The van der Waals surface area contributed by atoms with Crippen molar-refractivity contribution in [2.24, 2.45) is 0 Å². The first-order chi connectivity index (χ1) is 9.08. The van der Waals surface area contributed by atoms with E-state index in [1.807, 2.05) is 6.07 Å². The van der Waals surface area contributed by atoms with E-state index in [1.165, 1.54) is 12.1 Å². The highest BCUT2D eigenvalue weighted by molar-refractivity contribution is 5.50. The summed E-state index contributed by atoms with van der Waals surface area (Å²) >= 11 is 0. The molecule has 0 atom stereocenters. The molecule has 7 nitrogen and oxygen atoms in total. The second-order valence-electron chi connectivity index (χ2n) is 3.89. The Bertz CT molecular complexity index is 634. The molecular formula is C12H10ClN3O4. The molecule has 0 fully saturated rings. The first-order valence-corrected chi connectivity index (χ1v) is 5.45. The lowest BCUT2D eigenvalue weighted by Crippen LogP contribution is -3.00. The highest BCUT2D eigenvalue weighted by atomic mass is 35.5. The zero-order valence-electron chi connectivity index (χ0n) is 10.2. The van der Waals surface area contributed by atoms with E-state index < -0.39 is 9.85 Å². The van der Waals surface area contributed by atoms with E-state index in [1.54, 1.807) is 18.3 Å². The van der Waals surface area contributed by atoms with E-state index in [-0.39, 0.29) is 23.8 Å². The number of nitrogens with one attached hydrogen (secondary N) is 1. The lowest BCUT2D eigenvalue weighted by Gasteiger charge is -2.00. The van der Waals surface area contributed by atoms with Gasteiger partial charge in [0.05, 0.1) is 22.3 Å². The van der Waals surface area contributed by atoms with E-state index >= 15 is 0 Å². The molecule has 0 unspecified atom stereocenters. The van der Waals surface area contributed by atoms with Gasteiger partial charge < -0.3 is 12.4 Å². The van der Waals surface area contributed by atoms with Crippen molar-refractivity contribution in [2.75, 3.05) is 0 Å². The van der Waals surface area contributed by atoms with Crippen LogP contribution in [0, 0.1) is 20.2 Å². The number of hydrogen-bond donors (Lipinski definition) is 0. The topological polar surface area (TPSA) is 100 Å². The zero-order chi connectivity index (χ0) is 13.8. The third-order valence-electron chi connectivity index (χ3n) is 2.63. The molecule has 1 aromatic heterocycles. The molecule has 0 saturated heterocycles. The molecule has 0 bridgehead atoms. The monoisotopic (exact) mass is 295 g/mol. The summed E-state index contributed by atoms with van der Waals surface area (Å²) in [5.41, 5.74) is 0.691. The largest absolute Gasteiger partial charge is 1.00 e. The lowest BCUT2D eigenvalue weighted by molar-refractivity contribution is -0.396. The summed E-state index contributed by atoms with van der Waals surface area (Å²) in [6, 6.07) is 9.07. The maximum Gasteiger partial charge on any atom is 0.280 e. The quantitative estimate of drug-likeness (QED) is 0.528. The number of aromatic amines is 1. The van der Waals surface area contributed by atoms with Gasteiger partial charge in [0.25, 0.3) is 11.4 Å². The molecule has 0 aliphatic carbocycles. The molecule has 2 aromatic rings. The number of non-ortho nitro benzene ring substituents is 1. The Morgan fingerprint density at radius 2 is 1.80 bits per heavy atom. The van der Waals surface area contributed by atoms with E-state index in [2.05, 4.69) is 4.98 Å². The second kappa shape index (κ2) is 6.58. The van der Waals surface area contributed by atoms with Crippen molar-refractivity contribution in [3.63, 3.8) is 0 Å². The van der Waals surface area contributed by atoms with Crippen molar-refractivity contribution < 1.29 is 27.2 Å². The zero-order valence-corrected chi connectivity index (χ0v) is 10.9. The maximum absolute atomic E-state index is 11.0. The van der Waals surface area contributed by atoms with Crippen molar-refractivity contribution in [2.45, 2.75) is 6.42 Å². The van der Waals surface area contributed by atoms with E-state index in [0.29, 0.717) is 12.0 Å². The number of hydrogen-bond acceptors (Lipinski definition) is 4. The number of nitro benzene ring substituents is 2. The molecule has 0 amide bonds. The number of benzene rings is 1. The highest BCUT2D eigenvalue weighted by Crippen LogP contribution is 2.25. The van der Waals surface area contributed by atoms with Crippen molar-refractivity contribution in [1.29, 1.82) is 0 Å². The van der Waals surface area contributed by atoms with Crippen LogP contribution in [0.4, 0.5) is 11.4 Å². The smallest absolute Gasteiger partial charge is 0.280 e. The molecule has 8 heteroatoms. The fourth-order valence-electron chi connectivity index (χ4n) is 1.73. The van der Waals surface area contributed by atoms with Crippen LogP contribution in [0.3, 0.4) is 0 Å². The molecule has 0 radical (unpaired) electrons. The summed E-state index contributed by atoms with van der Waals surface area (Å²) in [6.07, 6.45) is 2.03. The molecule has 104 valence electrons. The summed E-state index contributed by atoms with van der Waals surface area (Å²) < 4.78 is 0. The maximum atomic E-state index is 11.0. The van der Waals surface area contributed by atoms with E-state index in [9.17, 15) is 20.2 Å². The summed E-state index contributed by atoms with van der Waals surface area (Å²) in [4.78, 5) is 23.3. The van der Waals surface area contributed by atoms with Gasteiger partial charge in [-0.1, -0.05) is 6.07 Å². The van der Waals surface area contributed by atoms with Gasteiger partial charge in [-0.05, 0) is 6.07 Å². The normalized spacial score (nSPS) is 9.60. The number of halogens is 1. The van der Waals surface area contributed by atoms with Crippen molar-refractivity contribution in [1.82, 2.24) is 0 Å². The Labute approximate surface area is 120 Å². The van der Waals surface area contributed by atoms with Gasteiger partial charge in [0.2, 0.25) is 0 Å². The summed E-state index contributed by atoms with van der Waals surface area (Å²) in [5.74, 6) is 0. The van der Waals surface area contributed by atoms with Gasteiger partial charge in [-0.2, -0.15) is 0 Å². The first-order valence-electron chi connectivity index (χ1n) is 5.45. The number of aromatic nitrogens is 1. The van der Waals surface area contributed by atoms with Gasteiger partial charge in [0.1, 0.15) is 0 Å². The molecule has 1 N–H and O–H groups in total. The first kappa shape index (κ1) is 15.5. The van der Waals surface area contributed by atoms with Crippen LogP contribution in [-0.2, 0) is 6.42 Å². The summed E-state index contributed by atoms with van der Waals surface area (Å²) in [5, 5.41) is 21.6. The number of nitrogens with zero attached hydrogens (tertiary/aromatic N) is 2. The predicted octanol–water partition coefficient (Wildman–Crippen LogP) is -1.09. The molecule has 0 spiro atoms. The van der Waals surface area contributed by atoms with Gasteiger partial charge in [-0.25, -0.2) is 4.98 Å². The van der Waals surface area contributed by atoms with Crippen LogP contribution in [0.25, 0.3) is 0 Å². The van der Waals surface area contributed by atoms with Crippen molar-refractivity contribution >= 4 is 11.4 Å². The van der Waals surface area contributed by atoms with Crippen LogP contribution in [-0.4, -0.2) is 9.85 Å². The second-order valence-corrected chi connectivity index (χ2v) is 3.89. The summed E-state index contributed by atoms with van der Waals surface area (Å²) in [6.45, 7) is 0. The van der Waals surface area contributed by atoms with Crippen LogP contribution in [0.2, 0.25) is 0 Å². The SMILES string of the molecule is O=[N+]([O-])c1ccc(Cc2cccc[nH+]2)c([N+](=O)[O-])c1.[Cl-]. The lowest BCUT2D eigenvalue weighted by atomic mass is 10.1. The minimum absolute atomic E-state index is 0. The predicted molar refractivity (Wildman–Crippen MR) is 65.6 cm³/mol. The van der Waals surface area contributed by atoms with Crippen molar-refractivity contribution in [3.05, 3.63) is 74.1 Å². The van der Waals surface area contributed by atoms with Gasteiger partial charge in [-0.3, -0.25) is 20.2 Å². The Balaban J connectivity index is 0.00000200. The average molecular weight is 296 g/mol. The molecule has 0 aliphatic rings. The Kier molecular flexibility index (Phi) is 5.10. The van der Waals surface area contributed by atoms with Gasteiger partial charge in [-0.15, -0.1) is 0 Å². The van der Waals surface area contributed by atoms with Crippen LogP contribution in [0.1, 0.15) is 11.3 Å². The van der Waals surface area contributed by atoms with Crippen LogP contribution >= 0.6 is 0 Å². The Morgan fingerprint density at radius 1 is 1.05 bits per heavy atom. The van der Waals surface area contributed by atoms with E-state index in [4.69, 9.17) is 0 Å². The number of nitro groups is 2. The van der Waals surface area contributed by atoms with Gasteiger partial charge >= 0.3 is 0 Å². The summed E-state index contributed by atoms with van der Waals surface area (Å²) in [7, 11) is 0. The highest BCUT2D eigenvalue weighted by Gasteiger charge is 2.20. The molecule has 0 saturated carbocycles. The standard InChI is InChI=1S/C12H9N3O4.ClH/c16-14(17)11-5-4-9(12(8-11)15(18)19)7-10-3-1-2-6-13-10;/h1-6,8H,7H2;1H. The van der Waals surface area contributed by atoms with Gasteiger partial charge in [0.15, 0.2) is 11.9 Å². The Hall–Kier alpha value is -2.54. The minimum atomic E-state index is -0.647. The minimum Gasteiger partial charge on any atom is -1.00 e.